The smallest absolute Gasteiger partial charge is 0.357 e. The summed E-state index contributed by atoms with van der Waals surface area (Å²) in [4.78, 5) is 0. The van der Waals surface area contributed by atoms with Crippen molar-refractivity contribution >= 4 is 17.3 Å². The highest BCUT2D eigenvalue weighted by Gasteiger charge is 2.41. The molecule has 2 rings (SSSR count). The molecule has 2 atom stereocenters. The first-order valence-corrected chi connectivity index (χ1v) is 7.77. The molecule has 24 heavy (non-hydrogen) atoms. The monoisotopic (exact) mass is 370 g/mol. The Balaban J connectivity index is 2.07. The first kappa shape index (κ1) is 18.8. The molecule has 0 amide bonds. The van der Waals surface area contributed by atoms with Gasteiger partial charge in [-0.3, -0.25) is 0 Å². The third kappa shape index (κ3) is 5.25. The molecule has 0 aromatic carbocycles. The van der Waals surface area contributed by atoms with E-state index in [0.717, 1.165) is 25.3 Å². The van der Waals surface area contributed by atoms with Crippen molar-refractivity contribution in [2.45, 2.75) is 50.1 Å². The van der Waals surface area contributed by atoms with Crippen LogP contribution in [-0.2, 0) is 0 Å². The molecule has 0 spiro atoms. The number of thiocarbonyl (C=S) groups is 1. The number of allylic oxidation sites excluding steroid dienone is 3. The number of rotatable bonds is 2. The number of halogens is 6. The Kier molecular flexibility index (Phi) is 5.62. The van der Waals surface area contributed by atoms with E-state index >= 15 is 0 Å². The molecule has 2 N–H and O–H groups in total. The van der Waals surface area contributed by atoms with Gasteiger partial charge in [-0.2, -0.15) is 26.3 Å². The van der Waals surface area contributed by atoms with Crippen LogP contribution in [-0.4, -0.2) is 29.5 Å². The summed E-state index contributed by atoms with van der Waals surface area (Å²) < 4.78 is 77.0. The largest absolute Gasteiger partial charge is 0.416 e. The fraction of sp³-hybridized carbons (Fsp3) is 0.533. The molecule has 0 bridgehead atoms. The topological polar surface area (TPSA) is 24.1 Å². The minimum atomic E-state index is -4.85. The maximum Gasteiger partial charge on any atom is 0.416 e. The molecular weight excluding hydrogens is 354 g/mol. The van der Waals surface area contributed by atoms with Crippen molar-refractivity contribution in [3.8, 4) is 0 Å². The van der Waals surface area contributed by atoms with Crippen LogP contribution in [0.1, 0.15) is 25.7 Å². The molecule has 0 heterocycles. The summed E-state index contributed by atoms with van der Waals surface area (Å²) in [5, 5.41) is 5.47. The van der Waals surface area contributed by atoms with Crippen LogP contribution in [0.4, 0.5) is 26.3 Å². The Morgan fingerprint density at radius 2 is 1.71 bits per heavy atom. The fourth-order valence-corrected chi connectivity index (χ4v) is 2.89. The number of alkyl halides is 6. The molecule has 0 fully saturated rings. The van der Waals surface area contributed by atoms with E-state index in [1.165, 1.54) is 0 Å². The summed E-state index contributed by atoms with van der Waals surface area (Å²) in [6.07, 6.45) is -2.85. The minimum Gasteiger partial charge on any atom is -0.357 e. The van der Waals surface area contributed by atoms with Crippen molar-refractivity contribution < 1.29 is 26.3 Å². The Hall–Kier alpha value is -1.51. The molecule has 0 saturated carbocycles. The predicted octanol–water partition coefficient (Wildman–Crippen LogP) is 4.31. The van der Waals surface area contributed by atoms with Crippen LogP contribution in [0.15, 0.2) is 35.5 Å². The maximum atomic E-state index is 12.8. The lowest BCUT2D eigenvalue weighted by Gasteiger charge is -2.27. The van der Waals surface area contributed by atoms with Gasteiger partial charge in [-0.25, -0.2) is 0 Å². The van der Waals surface area contributed by atoms with Gasteiger partial charge in [-0.15, -0.1) is 0 Å². The number of hydrogen-bond acceptors (Lipinski definition) is 1. The number of hydrogen-bond donors (Lipinski definition) is 2. The zero-order valence-electron chi connectivity index (χ0n) is 12.5. The summed E-state index contributed by atoms with van der Waals surface area (Å²) in [5.74, 6) is 0. The Morgan fingerprint density at radius 1 is 1.04 bits per heavy atom. The summed E-state index contributed by atoms with van der Waals surface area (Å²) in [7, 11) is 0. The molecule has 0 aromatic heterocycles. The highest BCUT2D eigenvalue weighted by Crippen LogP contribution is 2.37. The molecular formula is C15H16F6N2S. The van der Waals surface area contributed by atoms with Gasteiger partial charge in [-0.1, -0.05) is 12.2 Å². The van der Waals surface area contributed by atoms with Gasteiger partial charge in [-0.05, 0) is 43.6 Å². The zero-order chi connectivity index (χ0) is 18.0. The molecule has 0 aliphatic heterocycles. The van der Waals surface area contributed by atoms with Gasteiger partial charge in [0.1, 0.15) is 0 Å². The van der Waals surface area contributed by atoms with Crippen molar-refractivity contribution in [2.75, 3.05) is 0 Å². The summed E-state index contributed by atoms with van der Waals surface area (Å²) in [6, 6.07) is -1.23. The summed E-state index contributed by atoms with van der Waals surface area (Å²) >= 11 is 5.01. The molecule has 0 saturated heterocycles. The standard InChI is InChI=1S/C15H16F6N2S/c16-14(17,18)9-6-10(15(19,20)21)8-12(7-9)23-13(24)22-11-4-2-1-3-5-11/h2,4,6-7,11-12H,1,3,5,8H2,(H2,22,23,24). The van der Waals surface area contributed by atoms with E-state index < -0.39 is 36.0 Å². The van der Waals surface area contributed by atoms with E-state index in [1.54, 1.807) is 0 Å². The van der Waals surface area contributed by atoms with Crippen LogP contribution in [0.25, 0.3) is 0 Å². The van der Waals surface area contributed by atoms with Gasteiger partial charge in [0.2, 0.25) is 0 Å². The molecule has 0 aromatic rings. The second kappa shape index (κ2) is 7.16. The lowest BCUT2D eigenvalue weighted by atomic mass is 9.94. The second-order valence-electron chi connectivity index (χ2n) is 5.68. The van der Waals surface area contributed by atoms with E-state index in [0.29, 0.717) is 0 Å². The van der Waals surface area contributed by atoms with Crippen LogP contribution in [0.3, 0.4) is 0 Å². The normalized spacial score (nSPS) is 24.9. The van der Waals surface area contributed by atoms with Crippen molar-refractivity contribution in [1.29, 1.82) is 0 Å². The molecule has 2 unspecified atom stereocenters. The Morgan fingerprint density at radius 3 is 2.25 bits per heavy atom. The van der Waals surface area contributed by atoms with Gasteiger partial charge in [0.05, 0.1) is 11.6 Å². The second-order valence-corrected chi connectivity index (χ2v) is 6.09. The Bertz CT molecular complexity index is 573. The molecule has 2 aliphatic carbocycles. The molecule has 134 valence electrons. The van der Waals surface area contributed by atoms with E-state index in [4.69, 9.17) is 12.2 Å². The van der Waals surface area contributed by atoms with E-state index in [1.807, 2.05) is 12.2 Å². The fourth-order valence-electron chi connectivity index (χ4n) is 2.58. The molecule has 9 heteroatoms. The van der Waals surface area contributed by atoms with Crippen LogP contribution >= 0.6 is 12.2 Å². The lowest BCUT2D eigenvalue weighted by molar-refractivity contribution is -0.0992. The highest BCUT2D eigenvalue weighted by molar-refractivity contribution is 7.80. The maximum absolute atomic E-state index is 12.8. The average Bonchev–Trinajstić information content (AvgIpc) is 2.46. The summed E-state index contributed by atoms with van der Waals surface area (Å²) in [6.45, 7) is 0. The first-order valence-electron chi connectivity index (χ1n) is 7.36. The van der Waals surface area contributed by atoms with Crippen molar-refractivity contribution in [3.05, 3.63) is 35.5 Å². The van der Waals surface area contributed by atoms with Crippen molar-refractivity contribution in [3.63, 3.8) is 0 Å². The first-order chi connectivity index (χ1) is 11.1. The molecule has 0 radical (unpaired) electrons. The highest BCUT2D eigenvalue weighted by atomic mass is 32.1. The Labute approximate surface area is 140 Å². The van der Waals surface area contributed by atoms with E-state index in [-0.39, 0.29) is 17.2 Å². The van der Waals surface area contributed by atoms with Crippen molar-refractivity contribution in [1.82, 2.24) is 10.6 Å². The average molecular weight is 370 g/mol. The zero-order valence-corrected chi connectivity index (χ0v) is 13.3. The van der Waals surface area contributed by atoms with Crippen molar-refractivity contribution in [2.24, 2.45) is 0 Å². The van der Waals surface area contributed by atoms with Gasteiger partial charge in [0.25, 0.3) is 0 Å². The van der Waals surface area contributed by atoms with Gasteiger partial charge < -0.3 is 10.6 Å². The van der Waals surface area contributed by atoms with Crippen LogP contribution in [0.5, 0.6) is 0 Å². The van der Waals surface area contributed by atoms with E-state index in [2.05, 4.69) is 10.6 Å². The third-order valence-electron chi connectivity index (χ3n) is 3.73. The lowest BCUT2D eigenvalue weighted by Crippen LogP contribution is -2.46. The van der Waals surface area contributed by atoms with E-state index in [9.17, 15) is 26.3 Å². The molecule has 2 aliphatic rings. The van der Waals surface area contributed by atoms with Gasteiger partial charge in [0, 0.05) is 18.0 Å². The minimum absolute atomic E-state index is 0.0396. The molecule has 2 nitrogen and oxygen atoms in total. The summed E-state index contributed by atoms with van der Waals surface area (Å²) in [5.41, 5.74) is -2.55. The third-order valence-corrected chi connectivity index (χ3v) is 3.96. The van der Waals surface area contributed by atoms with Crippen LogP contribution in [0.2, 0.25) is 0 Å². The predicted molar refractivity (Wildman–Crippen MR) is 82.3 cm³/mol. The quantitative estimate of drug-likeness (QED) is 0.430. The SMILES string of the molecule is FC(F)(F)C1=CC(NC(=S)NC2C=CCCC2)CC(C(F)(F)F)=C1. The van der Waals surface area contributed by atoms with Gasteiger partial charge in [0.15, 0.2) is 5.11 Å². The van der Waals surface area contributed by atoms with Crippen LogP contribution < -0.4 is 10.6 Å². The number of nitrogens with one attached hydrogen (secondary N) is 2. The van der Waals surface area contributed by atoms with Gasteiger partial charge >= 0.3 is 12.4 Å². The van der Waals surface area contributed by atoms with Crippen LogP contribution in [0, 0.1) is 0 Å².